The summed E-state index contributed by atoms with van der Waals surface area (Å²) in [7, 11) is 0. The van der Waals surface area contributed by atoms with Gasteiger partial charge in [-0.2, -0.15) is 0 Å². The average Bonchev–Trinajstić information content (AvgIpc) is 2.75. The van der Waals surface area contributed by atoms with Gasteiger partial charge in [0.2, 0.25) is 5.82 Å². The zero-order chi connectivity index (χ0) is 23.1. The third-order valence-corrected chi connectivity index (χ3v) is 6.03. The highest BCUT2D eigenvalue weighted by Crippen LogP contribution is 2.28. The standard InChI is InChI=1S/C24H37N7O/c1-4-8-16(9-5-2)27-23(32)22-28-18-13-12-15(3)14-17(18)21(31-22)29-19-10-6-7-11-20(19)30-24(25)26/h12-14,16,19-20H,4-11H2,1-3H3,(H,27,32)(H4,25,26,30)(H,28,29,31). The molecule has 1 saturated carbocycles. The molecule has 1 amide bonds. The fraction of sp³-hybridized carbons (Fsp3) is 0.583. The van der Waals surface area contributed by atoms with E-state index in [-0.39, 0.29) is 35.8 Å². The molecule has 0 aliphatic heterocycles. The Kier molecular flexibility index (Phi) is 8.25. The summed E-state index contributed by atoms with van der Waals surface area (Å²) >= 11 is 0. The van der Waals surface area contributed by atoms with Gasteiger partial charge in [0.15, 0.2) is 5.96 Å². The number of hydrogen-bond donors (Lipinski definition) is 4. The Morgan fingerprint density at radius 1 is 1.16 bits per heavy atom. The van der Waals surface area contributed by atoms with Crippen LogP contribution in [0, 0.1) is 6.92 Å². The number of amides is 1. The summed E-state index contributed by atoms with van der Waals surface area (Å²) in [5.41, 5.74) is 13.2. The fourth-order valence-electron chi connectivity index (χ4n) is 4.49. The number of nitrogens with zero attached hydrogens (tertiary/aromatic N) is 3. The first-order chi connectivity index (χ1) is 15.4. The molecule has 2 unspecified atom stereocenters. The number of aryl methyl sites for hydroxylation is 1. The second kappa shape index (κ2) is 11.1. The minimum atomic E-state index is -0.230. The van der Waals surface area contributed by atoms with Gasteiger partial charge in [0.1, 0.15) is 5.82 Å². The van der Waals surface area contributed by atoms with Crippen molar-refractivity contribution in [2.75, 3.05) is 5.32 Å². The molecule has 0 spiro atoms. The number of aliphatic imine (C=N–C) groups is 1. The molecular weight excluding hydrogens is 402 g/mol. The Bertz CT molecular complexity index is 949. The van der Waals surface area contributed by atoms with Crippen LogP contribution in [0.4, 0.5) is 5.82 Å². The van der Waals surface area contributed by atoms with Crippen molar-refractivity contribution in [2.24, 2.45) is 16.5 Å². The van der Waals surface area contributed by atoms with Crippen LogP contribution in [0.1, 0.15) is 81.4 Å². The van der Waals surface area contributed by atoms with E-state index in [1.165, 1.54) is 0 Å². The molecule has 1 fully saturated rings. The molecule has 1 aliphatic carbocycles. The topological polar surface area (TPSA) is 131 Å². The smallest absolute Gasteiger partial charge is 0.289 e. The third kappa shape index (κ3) is 6.08. The maximum absolute atomic E-state index is 13.1. The molecule has 0 radical (unpaired) electrons. The number of carbonyl (C=O) groups excluding carboxylic acids is 1. The number of fused-ring (bicyclic) bond motifs is 1. The Labute approximate surface area is 190 Å². The van der Waals surface area contributed by atoms with Gasteiger partial charge >= 0.3 is 0 Å². The van der Waals surface area contributed by atoms with Gasteiger partial charge in [-0.05, 0) is 44.7 Å². The number of anilines is 1. The van der Waals surface area contributed by atoms with Crippen LogP contribution in [0.25, 0.3) is 10.9 Å². The zero-order valence-electron chi connectivity index (χ0n) is 19.5. The number of nitrogens with two attached hydrogens (primary N) is 2. The van der Waals surface area contributed by atoms with E-state index in [1.54, 1.807) is 0 Å². The number of carbonyl (C=O) groups is 1. The summed E-state index contributed by atoms with van der Waals surface area (Å²) in [6.07, 6.45) is 7.97. The molecular formula is C24H37N7O. The Balaban J connectivity index is 1.94. The Hall–Kier alpha value is -2.90. The van der Waals surface area contributed by atoms with Crippen LogP contribution in [0.2, 0.25) is 0 Å². The van der Waals surface area contributed by atoms with Crippen molar-refractivity contribution in [1.82, 2.24) is 15.3 Å². The molecule has 3 rings (SSSR count). The highest BCUT2D eigenvalue weighted by atomic mass is 16.2. The van der Waals surface area contributed by atoms with E-state index in [9.17, 15) is 4.79 Å². The van der Waals surface area contributed by atoms with E-state index in [2.05, 4.69) is 45.5 Å². The molecule has 6 N–H and O–H groups in total. The minimum absolute atomic E-state index is 0.0145. The van der Waals surface area contributed by atoms with E-state index in [1.807, 2.05) is 19.1 Å². The first-order valence-electron chi connectivity index (χ1n) is 11.9. The normalized spacial score (nSPS) is 18.5. The lowest BCUT2D eigenvalue weighted by molar-refractivity contribution is 0.0922. The predicted molar refractivity (Wildman–Crippen MR) is 131 cm³/mol. The number of hydrogen-bond acceptors (Lipinski definition) is 5. The first kappa shape index (κ1) is 23.8. The third-order valence-electron chi connectivity index (χ3n) is 6.03. The monoisotopic (exact) mass is 439 g/mol. The number of guanidine groups is 1. The SMILES string of the molecule is CCCC(CCC)NC(=O)c1nc(NC2CCCCC2N=C(N)N)c2cc(C)ccc2n1. The summed E-state index contributed by atoms with van der Waals surface area (Å²) in [5, 5.41) is 7.58. The van der Waals surface area contributed by atoms with Crippen LogP contribution >= 0.6 is 0 Å². The molecule has 0 bridgehead atoms. The largest absolute Gasteiger partial charge is 0.370 e. The lowest BCUT2D eigenvalue weighted by Crippen LogP contribution is -2.39. The minimum Gasteiger partial charge on any atom is -0.370 e. The van der Waals surface area contributed by atoms with Gasteiger partial charge in [0.05, 0.1) is 17.6 Å². The van der Waals surface area contributed by atoms with Crippen molar-refractivity contribution in [3.05, 3.63) is 29.6 Å². The summed E-state index contributed by atoms with van der Waals surface area (Å²) in [6.45, 7) is 6.29. The number of rotatable bonds is 9. The molecule has 1 heterocycles. The molecule has 8 heteroatoms. The van der Waals surface area contributed by atoms with Crippen molar-refractivity contribution in [3.8, 4) is 0 Å². The second-order valence-electron chi connectivity index (χ2n) is 8.82. The van der Waals surface area contributed by atoms with Crippen molar-refractivity contribution in [1.29, 1.82) is 0 Å². The summed E-state index contributed by atoms with van der Waals surface area (Å²) in [6, 6.07) is 6.16. The highest BCUT2D eigenvalue weighted by Gasteiger charge is 2.26. The molecule has 2 atom stereocenters. The van der Waals surface area contributed by atoms with Gasteiger partial charge in [-0.15, -0.1) is 0 Å². The van der Waals surface area contributed by atoms with Crippen LogP contribution in [-0.4, -0.2) is 40.0 Å². The molecule has 1 aromatic heterocycles. The van der Waals surface area contributed by atoms with E-state index in [4.69, 9.17) is 11.5 Å². The van der Waals surface area contributed by atoms with Crippen molar-refractivity contribution < 1.29 is 4.79 Å². The van der Waals surface area contributed by atoms with E-state index >= 15 is 0 Å². The van der Waals surface area contributed by atoms with Crippen LogP contribution < -0.4 is 22.1 Å². The zero-order valence-corrected chi connectivity index (χ0v) is 19.5. The molecule has 1 aromatic carbocycles. The summed E-state index contributed by atoms with van der Waals surface area (Å²) in [4.78, 5) is 26.7. The first-order valence-corrected chi connectivity index (χ1v) is 11.9. The lowest BCUT2D eigenvalue weighted by Gasteiger charge is -2.30. The van der Waals surface area contributed by atoms with Crippen LogP contribution in [0.15, 0.2) is 23.2 Å². The van der Waals surface area contributed by atoms with Crippen LogP contribution in [-0.2, 0) is 0 Å². The summed E-state index contributed by atoms with van der Waals surface area (Å²) < 4.78 is 0. The van der Waals surface area contributed by atoms with Gasteiger partial charge in [0.25, 0.3) is 5.91 Å². The van der Waals surface area contributed by atoms with Crippen molar-refractivity contribution in [3.63, 3.8) is 0 Å². The highest BCUT2D eigenvalue weighted by molar-refractivity contribution is 5.96. The number of nitrogens with one attached hydrogen (secondary N) is 2. The maximum atomic E-state index is 13.1. The molecule has 0 saturated heterocycles. The van der Waals surface area contributed by atoms with Gasteiger partial charge in [-0.1, -0.05) is 51.2 Å². The molecule has 8 nitrogen and oxygen atoms in total. The fourth-order valence-corrected chi connectivity index (χ4v) is 4.49. The average molecular weight is 440 g/mol. The Morgan fingerprint density at radius 2 is 1.88 bits per heavy atom. The molecule has 174 valence electrons. The molecule has 32 heavy (non-hydrogen) atoms. The van der Waals surface area contributed by atoms with E-state index in [0.29, 0.717) is 5.82 Å². The number of aromatic nitrogens is 2. The lowest BCUT2D eigenvalue weighted by atomic mass is 9.90. The van der Waals surface area contributed by atoms with E-state index in [0.717, 1.165) is 67.8 Å². The quantitative estimate of drug-likeness (QED) is 0.348. The van der Waals surface area contributed by atoms with Crippen molar-refractivity contribution in [2.45, 2.75) is 90.3 Å². The van der Waals surface area contributed by atoms with Gasteiger partial charge in [-0.3, -0.25) is 4.79 Å². The number of benzene rings is 1. The van der Waals surface area contributed by atoms with Gasteiger partial charge < -0.3 is 22.1 Å². The van der Waals surface area contributed by atoms with Crippen LogP contribution in [0.5, 0.6) is 0 Å². The Morgan fingerprint density at radius 3 is 2.56 bits per heavy atom. The predicted octanol–water partition coefficient (Wildman–Crippen LogP) is 3.63. The van der Waals surface area contributed by atoms with Crippen LogP contribution in [0.3, 0.4) is 0 Å². The van der Waals surface area contributed by atoms with Gasteiger partial charge in [0, 0.05) is 11.4 Å². The van der Waals surface area contributed by atoms with Gasteiger partial charge in [-0.25, -0.2) is 15.0 Å². The molecule has 2 aromatic rings. The van der Waals surface area contributed by atoms with E-state index < -0.39 is 0 Å². The van der Waals surface area contributed by atoms with Crippen molar-refractivity contribution >= 4 is 28.6 Å². The second-order valence-corrected chi connectivity index (χ2v) is 8.82. The summed E-state index contributed by atoms with van der Waals surface area (Å²) in [5.74, 6) is 0.723. The molecule has 1 aliphatic rings. The maximum Gasteiger partial charge on any atom is 0.289 e.